The van der Waals surface area contributed by atoms with E-state index in [0.717, 1.165) is 11.3 Å². The van der Waals surface area contributed by atoms with Crippen molar-refractivity contribution in [3.63, 3.8) is 0 Å². The minimum absolute atomic E-state index is 0.0639. The molecule has 0 aliphatic carbocycles. The molecule has 2 aromatic carbocycles. The molecular weight excluding hydrogens is 248 g/mol. The topological polar surface area (TPSA) is 30.2 Å². The number of hydrogen-bond donors (Lipinski definition) is 0. The summed E-state index contributed by atoms with van der Waals surface area (Å²) >= 11 is 0. The zero-order valence-corrected chi connectivity index (χ0v) is 11.6. The van der Waals surface area contributed by atoms with Crippen LogP contribution in [0, 0.1) is 13.8 Å². The molecule has 100 valence electrons. The maximum Gasteiger partial charge on any atom is 0.195 e. The molecule has 0 atom stereocenters. The van der Waals surface area contributed by atoms with Crippen molar-refractivity contribution in [3.8, 4) is 0 Å². The number of aryl methyl sites for hydroxylation is 1. The summed E-state index contributed by atoms with van der Waals surface area (Å²) in [5.41, 5.74) is 3.80. The molecule has 0 aliphatic heterocycles. The van der Waals surface area contributed by atoms with Crippen LogP contribution in [0.3, 0.4) is 0 Å². The summed E-state index contributed by atoms with van der Waals surface area (Å²) in [5, 5.41) is 0.651. The molecule has 0 fully saturated rings. The lowest BCUT2D eigenvalue weighted by Gasteiger charge is -2.07. The van der Waals surface area contributed by atoms with Gasteiger partial charge in [-0.3, -0.25) is 4.79 Å². The van der Waals surface area contributed by atoms with Gasteiger partial charge in [-0.05, 0) is 31.5 Å². The van der Waals surface area contributed by atoms with Crippen molar-refractivity contribution in [2.24, 2.45) is 0 Å². The molecule has 20 heavy (non-hydrogen) atoms. The van der Waals surface area contributed by atoms with Gasteiger partial charge in [-0.25, -0.2) is 0 Å². The van der Waals surface area contributed by atoms with Gasteiger partial charge in [0.25, 0.3) is 0 Å². The molecule has 0 radical (unpaired) electrons. The van der Waals surface area contributed by atoms with Crippen molar-refractivity contribution in [2.45, 2.75) is 20.3 Å². The van der Waals surface area contributed by atoms with Crippen LogP contribution in [-0.2, 0) is 6.42 Å². The number of hydrogen-bond acceptors (Lipinski definition) is 2. The molecule has 0 N–H and O–H groups in total. The van der Waals surface area contributed by atoms with Crippen LogP contribution in [-0.4, -0.2) is 0 Å². The Hall–Kier alpha value is -2.35. The summed E-state index contributed by atoms with van der Waals surface area (Å²) in [5.74, 6) is 0.748. The number of para-hydroxylation sites is 1. The van der Waals surface area contributed by atoms with Gasteiger partial charge in [-0.1, -0.05) is 42.0 Å². The fourth-order valence-corrected chi connectivity index (χ4v) is 2.34. The van der Waals surface area contributed by atoms with Crippen molar-refractivity contribution < 1.29 is 4.42 Å². The zero-order chi connectivity index (χ0) is 14.1. The van der Waals surface area contributed by atoms with E-state index in [1.54, 1.807) is 0 Å². The van der Waals surface area contributed by atoms with Crippen LogP contribution in [0.4, 0.5) is 0 Å². The van der Waals surface area contributed by atoms with E-state index >= 15 is 0 Å². The van der Waals surface area contributed by atoms with Crippen molar-refractivity contribution >= 4 is 11.0 Å². The van der Waals surface area contributed by atoms with E-state index in [1.165, 1.54) is 5.56 Å². The third-order valence-electron chi connectivity index (χ3n) is 3.61. The Kier molecular flexibility index (Phi) is 3.15. The standard InChI is InChI=1S/C18H16O2/c1-12-7-9-14(10-8-12)11-17-13(2)18(19)15-5-3-4-6-16(15)20-17/h3-10H,11H2,1-2H3. The van der Waals surface area contributed by atoms with Crippen molar-refractivity contribution in [3.05, 3.63) is 81.2 Å². The quantitative estimate of drug-likeness (QED) is 0.700. The van der Waals surface area contributed by atoms with Gasteiger partial charge in [0.1, 0.15) is 11.3 Å². The fourth-order valence-electron chi connectivity index (χ4n) is 2.34. The lowest BCUT2D eigenvalue weighted by atomic mass is 10.0. The molecule has 0 bridgehead atoms. The van der Waals surface area contributed by atoms with E-state index in [4.69, 9.17) is 4.42 Å². The molecule has 3 rings (SSSR count). The Morgan fingerprint density at radius 1 is 0.950 bits per heavy atom. The fraction of sp³-hybridized carbons (Fsp3) is 0.167. The molecule has 0 saturated carbocycles. The highest BCUT2D eigenvalue weighted by Gasteiger charge is 2.10. The Balaban J connectivity index is 2.10. The molecule has 0 aliphatic rings. The third-order valence-corrected chi connectivity index (χ3v) is 3.61. The molecule has 1 heterocycles. The van der Waals surface area contributed by atoms with E-state index in [2.05, 4.69) is 31.2 Å². The maximum absolute atomic E-state index is 12.3. The average Bonchev–Trinajstić information content (AvgIpc) is 2.47. The van der Waals surface area contributed by atoms with Gasteiger partial charge in [0.05, 0.1) is 5.39 Å². The average molecular weight is 264 g/mol. The number of fused-ring (bicyclic) bond motifs is 1. The molecule has 0 amide bonds. The SMILES string of the molecule is Cc1ccc(Cc2oc3ccccc3c(=O)c2C)cc1. The van der Waals surface area contributed by atoms with Gasteiger partial charge in [0, 0.05) is 12.0 Å². The van der Waals surface area contributed by atoms with Crippen LogP contribution in [0.15, 0.2) is 57.7 Å². The number of rotatable bonds is 2. The van der Waals surface area contributed by atoms with Gasteiger partial charge >= 0.3 is 0 Å². The molecule has 1 aromatic heterocycles. The van der Waals surface area contributed by atoms with Crippen LogP contribution in [0.1, 0.15) is 22.5 Å². The van der Waals surface area contributed by atoms with Crippen LogP contribution >= 0.6 is 0 Å². The molecule has 3 aromatic rings. The van der Waals surface area contributed by atoms with Gasteiger partial charge in [-0.15, -0.1) is 0 Å². The predicted molar refractivity (Wildman–Crippen MR) is 81.2 cm³/mol. The van der Waals surface area contributed by atoms with Crippen molar-refractivity contribution in [1.29, 1.82) is 0 Å². The van der Waals surface area contributed by atoms with Crippen LogP contribution in [0.2, 0.25) is 0 Å². The summed E-state index contributed by atoms with van der Waals surface area (Å²) in [4.78, 5) is 12.3. The van der Waals surface area contributed by atoms with Gasteiger partial charge in [-0.2, -0.15) is 0 Å². The van der Waals surface area contributed by atoms with Crippen molar-refractivity contribution in [1.82, 2.24) is 0 Å². The second-order valence-corrected chi connectivity index (χ2v) is 5.14. The molecule has 0 saturated heterocycles. The first-order chi connectivity index (χ1) is 9.65. The van der Waals surface area contributed by atoms with Crippen LogP contribution in [0.5, 0.6) is 0 Å². The molecule has 0 unspecified atom stereocenters. The number of benzene rings is 2. The minimum atomic E-state index is 0.0639. The van der Waals surface area contributed by atoms with E-state index in [0.29, 0.717) is 23.0 Å². The maximum atomic E-state index is 12.3. The van der Waals surface area contributed by atoms with E-state index < -0.39 is 0 Å². The summed E-state index contributed by atoms with van der Waals surface area (Å²) in [6.07, 6.45) is 0.645. The van der Waals surface area contributed by atoms with Gasteiger partial charge < -0.3 is 4.42 Å². The smallest absolute Gasteiger partial charge is 0.195 e. The van der Waals surface area contributed by atoms with Crippen LogP contribution < -0.4 is 5.43 Å². The third kappa shape index (κ3) is 2.25. The summed E-state index contributed by atoms with van der Waals surface area (Å²) in [6, 6.07) is 15.7. The lowest BCUT2D eigenvalue weighted by Crippen LogP contribution is -2.09. The zero-order valence-electron chi connectivity index (χ0n) is 11.6. The van der Waals surface area contributed by atoms with E-state index in [1.807, 2.05) is 31.2 Å². The highest BCUT2D eigenvalue weighted by Crippen LogP contribution is 2.18. The van der Waals surface area contributed by atoms with E-state index in [-0.39, 0.29) is 5.43 Å². The van der Waals surface area contributed by atoms with Gasteiger partial charge in [0.15, 0.2) is 5.43 Å². The largest absolute Gasteiger partial charge is 0.460 e. The Bertz CT molecular complexity index is 811. The molecule has 2 nitrogen and oxygen atoms in total. The lowest BCUT2D eigenvalue weighted by molar-refractivity contribution is 0.543. The summed E-state index contributed by atoms with van der Waals surface area (Å²) in [7, 11) is 0. The normalized spacial score (nSPS) is 10.9. The first-order valence-electron chi connectivity index (χ1n) is 6.72. The second-order valence-electron chi connectivity index (χ2n) is 5.14. The molecular formula is C18H16O2. The summed E-state index contributed by atoms with van der Waals surface area (Å²) < 4.78 is 5.91. The Labute approximate surface area is 117 Å². The summed E-state index contributed by atoms with van der Waals surface area (Å²) in [6.45, 7) is 3.90. The van der Waals surface area contributed by atoms with Crippen LogP contribution in [0.25, 0.3) is 11.0 Å². The first kappa shape index (κ1) is 12.7. The predicted octanol–water partition coefficient (Wildman–Crippen LogP) is 4.00. The Morgan fingerprint density at radius 2 is 1.65 bits per heavy atom. The van der Waals surface area contributed by atoms with Crippen molar-refractivity contribution in [2.75, 3.05) is 0 Å². The minimum Gasteiger partial charge on any atom is -0.460 e. The second kappa shape index (κ2) is 4.97. The first-order valence-corrected chi connectivity index (χ1v) is 6.72. The monoisotopic (exact) mass is 264 g/mol. The van der Waals surface area contributed by atoms with Gasteiger partial charge in [0.2, 0.25) is 0 Å². The Morgan fingerprint density at radius 3 is 2.40 bits per heavy atom. The molecule has 2 heteroatoms. The highest BCUT2D eigenvalue weighted by molar-refractivity contribution is 5.77. The highest BCUT2D eigenvalue weighted by atomic mass is 16.3. The molecule has 0 spiro atoms. The van der Waals surface area contributed by atoms with E-state index in [9.17, 15) is 4.79 Å².